The largest absolute Gasteiger partial charge is 0.383 e. The predicted octanol–water partition coefficient (Wildman–Crippen LogP) is -0.484. The van der Waals surface area contributed by atoms with E-state index in [1.54, 1.807) is 7.11 Å². The molecule has 0 spiro atoms. The molecule has 88 valence electrons. The second kappa shape index (κ2) is 6.76. The molecule has 0 aliphatic carbocycles. The van der Waals surface area contributed by atoms with Crippen molar-refractivity contribution in [1.82, 2.24) is 10.6 Å². The molecule has 1 saturated heterocycles. The van der Waals surface area contributed by atoms with Crippen LogP contribution in [0, 0.1) is 0 Å². The molecule has 1 fully saturated rings. The number of carbonyl (C=O) groups is 1. The lowest BCUT2D eigenvalue weighted by atomic mass is 10.1. The molecule has 0 aromatic rings. The Hall–Kier alpha value is -0.650. The van der Waals surface area contributed by atoms with Gasteiger partial charge in [0.25, 0.3) is 0 Å². The van der Waals surface area contributed by atoms with E-state index in [0.717, 1.165) is 13.0 Å². The second-order valence-corrected chi connectivity index (χ2v) is 3.71. The zero-order valence-electron chi connectivity index (χ0n) is 9.41. The molecule has 0 saturated carbocycles. The number of ether oxygens (including phenoxy) is 2. The summed E-state index contributed by atoms with van der Waals surface area (Å²) in [6.07, 6.45) is 1.04. The summed E-state index contributed by atoms with van der Waals surface area (Å²) < 4.78 is 10.2. The maximum Gasteiger partial charge on any atom is 0.234 e. The molecule has 1 heterocycles. The van der Waals surface area contributed by atoms with Crippen molar-refractivity contribution in [3.05, 3.63) is 0 Å². The molecule has 0 radical (unpaired) electrons. The van der Waals surface area contributed by atoms with E-state index < -0.39 is 0 Å². The highest BCUT2D eigenvalue weighted by Gasteiger charge is 2.25. The molecule has 0 aromatic carbocycles. The highest BCUT2D eigenvalue weighted by atomic mass is 16.5. The van der Waals surface area contributed by atoms with Crippen molar-refractivity contribution in [1.29, 1.82) is 0 Å². The third kappa shape index (κ3) is 4.59. The van der Waals surface area contributed by atoms with Crippen molar-refractivity contribution < 1.29 is 14.3 Å². The summed E-state index contributed by atoms with van der Waals surface area (Å²) in [5, 5.41) is 5.94. The summed E-state index contributed by atoms with van der Waals surface area (Å²) >= 11 is 0. The van der Waals surface area contributed by atoms with Gasteiger partial charge in [0, 0.05) is 20.3 Å². The molecule has 1 aliphatic rings. The summed E-state index contributed by atoms with van der Waals surface area (Å²) in [7, 11) is 1.64. The van der Waals surface area contributed by atoms with Gasteiger partial charge in [-0.2, -0.15) is 0 Å². The van der Waals surface area contributed by atoms with Crippen LogP contribution in [0.3, 0.4) is 0 Å². The summed E-state index contributed by atoms with van der Waals surface area (Å²) in [5.74, 6) is 0.0217. The highest BCUT2D eigenvalue weighted by Crippen LogP contribution is 2.11. The van der Waals surface area contributed by atoms with Crippen LogP contribution in [0.25, 0.3) is 0 Å². The normalized spacial score (nSPS) is 25.5. The Bertz CT molecular complexity index is 199. The van der Waals surface area contributed by atoms with Gasteiger partial charge in [0.1, 0.15) is 0 Å². The molecule has 1 amide bonds. The minimum Gasteiger partial charge on any atom is -0.383 e. The van der Waals surface area contributed by atoms with Crippen LogP contribution in [0.15, 0.2) is 0 Å². The van der Waals surface area contributed by atoms with Gasteiger partial charge in [0.05, 0.1) is 25.3 Å². The number of nitrogens with one attached hydrogen (secondary N) is 2. The first-order valence-electron chi connectivity index (χ1n) is 5.34. The number of amides is 1. The number of methoxy groups -OCH3 is 1. The fourth-order valence-corrected chi connectivity index (χ4v) is 1.56. The van der Waals surface area contributed by atoms with Crippen molar-refractivity contribution in [3.8, 4) is 0 Å². The first-order chi connectivity index (χ1) is 7.24. The Labute approximate surface area is 90.5 Å². The van der Waals surface area contributed by atoms with Gasteiger partial charge in [-0.25, -0.2) is 0 Å². The number of rotatable bonds is 6. The highest BCUT2D eigenvalue weighted by molar-refractivity contribution is 5.78. The second-order valence-electron chi connectivity index (χ2n) is 3.71. The first-order valence-corrected chi connectivity index (χ1v) is 5.34. The van der Waals surface area contributed by atoms with Gasteiger partial charge in [-0.3, -0.25) is 4.79 Å². The topological polar surface area (TPSA) is 59.6 Å². The molecule has 5 nitrogen and oxygen atoms in total. The quantitative estimate of drug-likeness (QED) is 0.589. The van der Waals surface area contributed by atoms with Gasteiger partial charge in [0.2, 0.25) is 5.91 Å². The Balaban J connectivity index is 2.07. The van der Waals surface area contributed by atoms with E-state index in [1.807, 2.05) is 6.92 Å². The fraction of sp³-hybridized carbons (Fsp3) is 0.900. The zero-order chi connectivity index (χ0) is 11.1. The average molecular weight is 216 g/mol. The lowest BCUT2D eigenvalue weighted by Gasteiger charge is -2.16. The van der Waals surface area contributed by atoms with Crippen LogP contribution in [0.5, 0.6) is 0 Å². The van der Waals surface area contributed by atoms with E-state index in [0.29, 0.717) is 19.7 Å². The number of hydrogen-bond acceptors (Lipinski definition) is 4. The van der Waals surface area contributed by atoms with Crippen LogP contribution >= 0.6 is 0 Å². The van der Waals surface area contributed by atoms with Crippen LogP contribution in [0.2, 0.25) is 0 Å². The van der Waals surface area contributed by atoms with E-state index in [4.69, 9.17) is 9.47 Å². The van der Waals surface area contributed by atoms with Gasteiger partial charge in [-0.15, -0.1) is 0 Å². The summed E-state index contributed by atoms with van der Waals surface area (Å²) in [6.45, 7) is 4.38. The maximum absolute atomic E-state index is 11.4. The van der Waals surface area contributed by atoms with Gasteiger partial charge in [0.15, 0.2) is 0 Å². The molecular formula is C10H20N2O3. The molecule has 15 heavy (non-hydrogen) atoms. The lowest BCUT2D eigenvalue weighted by Crippen LogP contribution is -2.43. The number of hydrogen-bond donors (Lipinski definition) is 2. The van der Waals surface area contributed by atoms with Gasteiger partial charge in [-0.05, 0) is 13.3 Å². The molecule has 0 bridgehead atoms. The van der Waals surface area contributed by atoms with Gasteiger partial charge < -0.3 is 20.1 Å². The van der Waals surface area contributed by atoms with Gasteiger partial charge >= 0.3 is 0 Å². The maximum atomic E-state index is 11.4. The van der Waals surface area contributed by atoms with E-state index in [1.165, 1.54) is 0 Å². The van der Waals surface area contributed by atoms with Crippen LogP contribution in [-0.4, -0.2) is 51.5 Å². The molecule has 2 N–H and O–H groups in total. The van der Waals surface area contributed by atoms with E-state index in [-0.39, 0.29) is 18.1 Å². The summed E-state index contributed by atoms with van der Waals surface area (Å²) in [5.41, 5.74) is 0. The van der Waals surface area contributed by atoms with Crippen molar-refractivity contribution in [2.24, 2.45) is 0 Å². The van der Waals surface area contributed by atoms with Crippen molar-refractivity contribution >= 4 is 5.91 Å². The summed E-state index contributed by atoms with van der Waals surface area (Å²) in [6, 6.07) is 0.168. The standard InChI is InChI=1S/C10H20N2O3/c1-8-9(3-5-15-8)12-10(13)7-11-4-6-14-2/h8-9,11H,3-7H2,1-2H3,(H,12,13). The third-order valence-corrected chi connectivity index (χ3v) is 2.49. The molecule has 0 aromatic heterocycles. The molecule has 1 aliphatic heterocycles. The van der Waals surface area contributed by atoms with Crippen LogP contribution in [0.4, 0.5) is 0 Å². The van der Waals surface area contributed by atoms with Crippen molar-refractivity contribution in [2.45, 2.75) is 25.5 Å². The van der Waals surface area contributed by atoms with Crippen LogP contribution < -0.4 is 10.6 Å². The fourth-order valence-electron chi connectivity index (χ4n) is 1.56. The molecule has 2 atom stereocenters. The monoisotopic (exact) mass is 216 g/mol. The van der Waals surface area contributed by atoms with Gasteiger partial charge in [-0.1, -0.05) is 0 Å². The van der Waals surface area contributed by atoms with E-state index in [2.05, 4.69) is 10.6 Å². The Morgan fingerprint density at radius 3 is 3.00 bits per heavy atom. The SMILES string of the molecule is COCCNCC(=O)NC1CCOC1C. The molecule has 1 rings (SSSR count). The number of carbonyl (C=O) groups excluding carboxylic acids is 1. The van der Waals surface area contributed by atoms with Crippen LogP contribution in [0.1, 0.15) is 13.3 Å². The minimum absolute atomic E-state index is 0.0217. The molecule has 2 unspecified atom stereocenters. The Morgan fingerprint density at radius 2 is 2.40 bits per heavy atom. The van der Waals surface area contributed by atoms with Crippen molar-refractivity contribution in [2.75, 3.05) is 33.4 Å². The van der Waals surface area contributed by atoms with Crippen LogP contribution in [-0.2, 0) is 14.3 Å². The average Bonchev–Trinajstić information content (AvgIpc) is 2.59. The Kier molecular flexibility index (Phi) is 5.60. The smallest absolute Gasteiger partial charge is 0.234 e. The zero-order valence-corrected chi connectivity index (χ0v) is 9.41. The summed E-state index contributed by atoms with van der Waals surface area (Å²) in [4.78, 5) is 11.4. The van der Waals surface area contributed by atoms with Crippen molar-refractivity contribution in [3.63, 3.8) is 0 Å². The van der Waals surface area contributed by atoms with E-state index >= 15 is 0 Å². The molecular weight excluding hydrogens is 196 g/mol. The molecule has 5 heteroatoms. The predicted molar refractivity (Wildman–Crippen MR) is 56.7 cm³/mol. The minimum atomic E-state index is 0.0217. The lowest BCUT2D eigenvalue weighted by molar-refractivity contribution is -0.121. The first kappa shape index (κ1) is 12.4. The Morgan fingerprint density at radius 1 is 1.60 bits per heavy atom. The van der Waals surface area contributed by atoms with E-state index in [9.17, 15) is 4.79 Å². The third-order valence-electron chi connectivity index (χ3n) is 2.49.